The number of nitrogens with one attached hydrogen (secondary N) is 1. The topological polar surface area (TPSA) is 53.5 Å². The van der Waals surface area contributed by atoms with E-state index in [1.807, 2.05) is 18.2 Å². The van der Waals surface area contributed by atoms with Crippen LogP contribution in [0.15, 0.2) is 60.9 Å². The second-order valence-corrected chi connectivity index (χ2v) is 7.08. The monoisotopic (exact) mass is 389 g/mol. The molecule has 1 aliphatic heterocycles. The molecule has 4 rings (SSSR count). The summed E-state index contributed by atoms with van der Waals surface area (Å²) in [6.45, 7) is 5.81. The van der Waals surface area contributed by atoms with Crippen LogP contribution in [0.1, 0.15) is 12.5 Å². The number of nitrogens with zero attached hydrogens (tertiary/aromatic N) is 4. The normalized spacial score (nSPS) is 14.0. The molecule has 0 saturated carbocycles. The molecule has 0 unspecified atom stereocenters. The highest BCUT2D eigenvalue weighted by Gasteiger charge is 2.20. The van der Waals surface area contributed by atoms with Gasteiger partial charge in [0.25, 0.3) is 0 Å². The van der Waals surface area contributed by atoms with E-state index in [9.17, 15) is 0 Å². The van der Waals surface area contributed by atoms with Crippen molar-refractivity contribution in [1.82, 2.24) is 9.97 Å². The number of anilines is 4. The second-order valence-electron chi connectivity index (χ2n) is 7.08. The van der Waals surface area contributed by atoms with Gasteiger partial charge in [-0.2, -0.15) is 0 Å². The number of hydrogen-bond donors (Lipinski definition) is 1. The maximum absolute atomic E-state index is 5.51. The number of aromatic nitrogens is 2. The molecule has 2 heterocycles. The van der Waals surface area contributed by atoms with Crippen LogP contribution in [0.4, 0.5) is 23.0 Å². The minimum absolute atomic E-state index is 0.811. The highest BCUT2D eigenvalue weighted by Crippen LogP contribution is 2.29. The van der Waals surface area contributed by atoms with Gasteiger partial charge in [-0.05, 0) is 36.2 Å². The molecule has 1 aromatic heterocycles. The van der Waals surface area contributed by atoms with Gasteiger partial charge in [-0.1, -0.05) is 31.2 Å². The zero-order valence-corrected chi connectivity index (χ0v) is 17.0. The van der Waals surface area contributed by atoms with E-state index in [0.29, 0.717) is 0 Å². The van der Waals surface area contributed by atoms with Crippen LogP contribution in [-0.2, 0) is 6.42 Å². The number of ether oxygens (including phenoxy) is 1. The van der Waals surface area contributed by atoms with Crippen molar-refractivity contribution in [2.75, 3.05) is 48.4 Å². The van der Waals surface area contributed by atoms with E-state index in [2.05, 4.69) is 68.4 Å². The van der Waals surface area contributed by atoms with E-state index in [1.165, 1.54) is 5.56 Å². The summed E-state index contributed by atoms with van der Waals surface area (Å²) in [5.41, 5.74) is 3.51. The summed E-state index contributed by atoms with van der Waals surface area (Å²) < 4.78 is 5.51. The van der Waals surface area contributed by atoms with Crippen molar-refractivity contribution >= 4 is 23.0 Å². The van der Waals surface area contributed by atoms with E-state index in [1.54, 1.807) is 13.4 Å². The molecular formula is C23H27N5O. The lowest BCUT2D eigenvalue weighted by Crippen LogP contribution is -2.47. The molecule has 0 atom stereocenters. The second kappa shape index (κ2) is 8.82. The Labute approximate surface area is 172 Å². The Morgan fingerprint density at radius 2 is 1.66 bits per heavy atom. The first-order chi connectivity index (χ1) is 14.3. The van der Waals surface area contributed by atoms with E-state index in [0.717, 1.165) is 61.4 Å². The van der Waals surface area contributed by atoms with E-state index >= 15 is 0 Å². The molecule has 1 N–H and O–H groups in total. The van der Waals surface area contributed by atoms with Gasteiger partial charge >= 0.3 is 0 Å². The van der Waals surface area contributed by atoms with Crippen LogP contribution in [-0.4, -0.2) is 43.3 Å². The number of benzene rings is 2. The largest absolute Gasteiger partial charge is 0.495 e. The summed E-state index contributed by atoms with van der Waals surface area (Å²) in [6.07, 6.45) is 2.67. The number of hydrogen-bond acceptors (Lipinski definition) is 6. The van der Waals surface area contributed by atoms with Crippen LogP contribution < -0.4 is 19.9 Å². The molecule has 6 nitrogen and oxygen atoms in total. The van der Waals surface area contributed by atoms with Gasteiger partial charge in [0.2, 0.25) is 0 Å². The Kier molecular flexibility index (Phi) is 5.79. The minimum atomic E-state index is 0.811. The van der Waals surface area contributed by atoms with Gasteiger partial charge in [0, 0.05) is 37.9 Å². The van der Waals surface area contributed by atoms with Crippen LogP contribution in [0.3, 0.4) is 0 Å². The first-order valence-electron chi connectivity index (χ1n) is 10.1. The first kappa shape index (κ1) is 19.1. The third kappa shape index (κ3) is 4.42. The average molecular weight is 390 g/mol. The standard InChI is InChI=1S/C23H27N5O/c1-3-18-8-10-19(11-9-18)26-22-16-23(25-17-24-22)28-14-12-27(13-15-28)20-6-4-5-7-21(20)29-2/h4-11,16-17H,3,12-15H2,1-2H3,(H,24,25,26). The van der Waals surface area contributed by atoms with E-state index in [-0.39, 0.29) is 0 Å². The zero-order chi connectivity index (χ0) is 20.1. The number of methoxy groups -OCH3 is 1. The Balaban J connectivity index is 1.41. The molecule has 0 radical (unpaired) electrons. The van der Waals surface area contributed by atoms with Crippen LogP contribution in [0.5, 0.6) is 5.75 Å². The number of para-hydroxylation sites is 2. The van der Waals surface area contributed by atoms with Gasteiger partial charge in [0.05, 0.1) is 12.8 Å². The Bertz CT molecular complexity index is 936. The van der Waals surface area contributed by atoms with Crippen molar-refractivity contribution in [2.24, 2.45) is 0 Å². The van der Waals surface area contributed by atoms with Crippen molar-refractivity contribution in [3.63, 3.8) is 0 Å². The quantitative estimate of drug-likeness (QED) is 0.685. The molecule has 0 amide bonds. The lowest BCUT2D eigenvalue weighted by atomic mass is 10.1. The molecule has 1 fully saturated rings. The Morgan fingerprint density at radius 1 is 0.931 bits per heavy atom. The van der Waals surface area contributed by atoms with Crippen LogP contribution in [0.2, 0.25) is 0 Å². The first-order valence-corrected chi connectivity index (χ1v) is 10.1. The number of aryl methyl sites for hydroxylation is 1. The van der Waals surface area contributed by atoms with E-state index in [4.69, 9.17) is 4.74 Å². The fourth-order valence-electron chi connectivity index (χ4n) is 3.63. The molecule has 0 spiro atoms. The fourth-order valence-corrected chi connectivity index (χ4v) is 3.63. The molecule has 0 aliphatic carbocycles. The maximum atomic E-state index is 5.51. The molecular weight excluding hydrogens is 362 g/mol. The molecule has 3 aromatic rings. The lowest BCUT2D eigenvalue weighted by molar-refractivity contribution is 0.413. The van der Waals surface area contributed by atoms with Crippen LogP contribution >= 0.6 is 0 Å². The molecule has 1 saturated heterocycles. The summed E-state index contributed by atoms with van der Waals surface area (Å²) in [4.78, 5) is 13.5. The van der Waals surface area contributed by atoms with Gasteiger partial charge < -0.3 is 19.9 Å². The zero-order valence-electron chi connectivity index (χ0n) is 17.0. The lowest BCUT2D eigenvalue weighted by Gasteiger charge is -2.37. The van der Waals surface area contributed by atoms with Crippen LogP contribution in [0, 0.1) is 0 Å². The SMILES string of the molecule is CCc1ccc(Nc2cc(N3CCN(c4ccccc4OC)CC3)ncn2)cc1. The predicted molar refractivity (Wildman–Crippen MR) is 119 cm³/mol. The Morgan fingerprint density at radius 3 is 2.38 bits per heavy atom. The molecule has 2 aromatic carbocycles. The predicted octanol–water partition coefficient (Wildman–Crippen LogP) is 4.12. The maximum Gasteiger partial charge on any atom is 0.142 e. The van der Waals surface area contributed by atoms with Crippen LogP contribution in [0.25, 0.3) is 0 Å². The van der Waals surface area contributed by atoms with Crippen molar-refractivity contribution in [3.8, 4) is 5.75 Å². The highest BCUT2D eigenvalue weighted by molar-refractivity contribution is 5.61. The van der Waals surface area contributed by atoms with Crippen molar-refractivity contribution in [3.05, 3.63) is 66.5 Å². The van der Waals surface area contributed by atoms with E-state index < -0.39 is 0 Å². The Hall–Kier alpha value is -3.28. The smallest absolute Gasteiger partial charge is 0.142 e. The third-order valence-electron chi connectivity index (χ3n) is 5.32. The summed E-state index contributed by atoms with van der Waals surface area (Å²) in [5, 5.41) is 3.38. The van der Waals surface area contributed by atoms with Gasteiger partial charge in [-0.3, -0.25) is 0 Å². The fraction of sp³-hybridized carbons (Fsp3) is 0.304. The summed E-state index contributed by atoms with van der Waals surface area (Å²) >= 11 is 0. The molecule has 1 aliphatic rings. The summed E-state index contributed by atoms with van der Waals surface area (Å²) in [6, 6.07) is 18.7. The average Bonchev–Trinajstić information content (AvgIpc) is 2.80. The van der Waals surface area contributed by atoms with Gasteiger partial charge in [0.15, 0.2) is 0 Å². The van der Waals surface area contributed by atoms with Gasteiger partial charge in [-0.25, -0.2) is 9.97 Å². The number of rotatable bonds is 6. The van der Waals surface area contributed by atoms with Crippen molar-refractivity contribution in [2.45, 2.75) is 13.3 Å². The van der Waals surface area contributed by atoms with Crippen molar-refractivity contribution in [1.29, 1.82) is 0 Å². The van der Waals surface area contributed by atoms with Gasteiger partial charge in [0.1, 0.15) is 23.7 Å². The molecule has 0 bridgehead atoms. The van der Waals surface area contributed by atoms with Gasteiger partial charge in [-0.15, -0.1) is 0 Å². The summed E-state index contributed by atoms with van der Waals surface area (Å²) in [5.74, 6) is 2.68. The molecule has 29 heavy (non-hydrogen) atoms. The molecule has 150 valence electrons. The minimum Gasteiger partial charge on any atom is -0.495 e. The highest BCUT2D eigenvalue weighted by atomic mass is 16.5. The summed E-state index contributed by atoms with van der Waals surface area (Å²) in [7, 11) is 1.72. The molecule has 6 heteroatoms. The number of piperazine rings is 1. The van der Waals surface area contributed by atoms with Crippen molar-refractivity contribution < 1.29 is 4.74 Å². The third-order valence-corrected chi connectivity index (χ3v) is 5.32.